The first-order chi connectivity index (χ1) is 12.5. The molecule has 26 heavy (non-hydrogen) atoms. The van der Waals surface area contributed by atoms with Crippen LogP contribution in [0.1, 0.15) is 26.3 Å². The third-order valence-corrected chi connectivity index (χ3v) is 4.58. The molecule has 6 nitrogen and oxygen atoms in total. The van der Waals surface area contributed by atoms with Crippen molar-refractivity contribution in [1.82, 2.24) is 9.80 Å². The maximum atomic E-state index is 12.6. The lowest BCUT2D eigenvalue weighted by Crippen LogP contribution is -2.50. The minimum Gasteiger partial charge on any atom is -0.423 e. The molecule has 2 N–H and O–H groups in total. The van der Waals surface area contributed by atoms with Crippen LogP contribution in [0.15, 0.2) is 48.5 Å². The van der Waals surface area contributed by atoms with Crippen LogP contribution in [0.5, 0.6) is 0 Å². The molecule has 134 valence electrons. The quantitative estimate of drug-likeness (QED) is 0.778. The summed E-state index contributed by atoms with van der Waals surface area (Å²) < 4.78 is 0. The Balaban J connectivity index is 1.63. The molecule has 0 atom stereocenters. The number of rotatable bonds is 3. The highest BCUT2D eigenvalue weighted by Crippen LogP contribution is 2.12. The minimum atomic E-state index is -1.60. The Morgan fingerprint density at radius 3 is 1.92 bits per heavy atom. The summed E-state index contributed by atoms with van der Waals surface area (Å²) in [4.78, 5) is 28.6. The smallest absolute Gasteiger partial charge is 0.423 e. The summed E-state index contributed by atoms with van der Waals surface area (Å²) in [6.45, 7) is 3.82. The van der Waals surface area contributed by atoms with Crippen LogP contribution in [0.3, 0.4) is 0 Å². The summed E-state index contributed by atoms with van der Waals surface area (Å²) in [5, 5.41) is 18.5. The third kappa shape index (κ3) is 3.95. The van der Waals surface area contributed by atoms with Gasteiger partial charge in [-0.05, 0) is 36.7 Å². The van der Waals surface area contributed by atoms with Crippen molar-refractivity contribution < 1.29 is 19.6 Å². The molecule has 1 aliphatic heterocycles. The molecule has 0 saturated carbocycles. The summed E-state index contributed by atoms with van der Waals surface area (Å²) >= 11 is 0. The lowest BCUT2D eigenvalue weighted by molar-refractivity contribution is 0.0535. The molecule has 2 aromatic rings. The Kier molecular flexibility index (Phi) is 5.39. The molecule has 2 aromatic carbocycles. The molecule has 0 spiro atoms. The lowest BCUT2D eigenvalue weighted by Gasteiger charge is -2.35. The van der Waals surface area contributed by atoms with Crippen LogP contribution in [0.25, 0.3) is 0 Å². The van der Waals surface area contributed by atoms with Crippen LogP contribution in [0, 0.1) is 6.92 Å². The van der Waals surface area contributed by atoms with Gasteiger partial charge >= 0.3 is 7.12 Å². The second-order valence-electron chi connectivity index (χ2n) is 6.45. The Morgan fingerprint density at radius 2 is 1.38 bits per heavy atom. The van der Waals surface area contributed by atoms with E-state index in [2.05, 4.69) is 0 Å². The lowest BCUT2D eigenvalue weighted by atomic mass is 9.79. The van der Waals surface area contributed by atoms with Crippen LogP contribution in [-0.2, 0) is 0 Å². The van der Waals surface area contributed by atoms with Crippen molar-refractivity contribution in [1.29, 1.82) is 0 Å². The average Bonchev–Trinajstić information content (AvgIpc) is 2.67. The van der Waals surface area contributed by atoms with Gasteiger partial charge in [0.1, 0.15) is 0 Å². The van der Waals surface area contributed by atoms with E-state index in [0.717, 1.165) is 5.56 Å². The van der Waals surface area contributed by atoms with E-state index in [-0.39, 0.29) is 17.3 Å². The zero-order valence-electron chi connectivity index (χ0n) is 14.6. The van der Waals surface area contributed by atoms with Crippen LogP contribution in [0.4, 0.5) is 0 Å². The number of hydrogen-bond donors (Lipinski definition) is 2. The first-order valence-electron chi connectivity index (χ1n) is 8.57. The summed E-state index contributed by atoms with van der Waals surface area (Å²) in [6, 6.07) is 13.8. The van der Waals surface area contributed by atoms with Crippen LogP contribution in [0.2, 0.25) is 0 Å². The molecule has 0 aliphatic carbocycles. The predicted molar refractivity (Wildman–Crippen MR) is 99.3 cm³/mol. The van der Waals surface area contributed by atoms with Crippen LogP contribution >= 0.6 is 0 Å². The number of hydrogen-bond acceptors (Lipinski definition) is 4. The molecule has 3 rings (SSSR count). The predicted octanol–water partition coefficient (Wildman–Crippen LogP) is 0.273. The van der Waals surface area contributed by atoms with Crippen molar-refractivity contribution in [2.45, 2.75) is 6.92 Å². The Labute approximate surface area is 152 Å². The van der Waals surface area contributed by atoms with E-state index in [0.29, 0.717) is 37.3 Å². The number of carbonyl (C=O) groups excluding carboxylic acids is 2. The molecular weight excluding hydrogens is 331 g/mol. The first-order valence-corrected chi connectivity index (χ1v) is 8.57. The van der Waals surface area contributed by atoms with Gasteiger partial charge in [0.2, 0.25) is 0 Å². The molecule has 2 amide bonds. The van der Waals surface area contributed by atoms with Gasteiger partial charge in [-0.15, -0.1) is 0 Å². The number of nitrogens with zero attached hydrogens (tertiary/aromatic N) is 2. The Hall–Kier alpha value is -2.64. The van der Waals surface area contributed by atoms with Gasteiger partial charge in [-0.25, -0.2) is 0 Å². The molecule has 1 saturated heterocycles. The molecule has 7 heteroatoms. The van der Waals surface area contributed by atoms with Gasteiger partial charge < -0.3 is 19.8 Å². The summed E-state index contributed by atoms with van der Waals surface area (Å²) in [7, 11) is -1.60. The summed E-state index contributed by atoms with van der Waals surface area (Å²) in [5.41, 5.74) is 2.45. The van der Waals surface area contributed by atoms with E-state index in [4.69, 9.17) is 0 Å². The Bertz CT molecular complexity index is 799. The molecule has 0 bridgehead atoms. The maximum Gasteiger partial charge on any atom is 0.488 e. The highest BCUT2D eigenvalue weighted by atomic mass is 16.4. The van der Waals surface area contributed by atoms with Gasteiger partial charge in [-0.3, -0.25) is 9.59 Å². The molecule has 1 aliphatic rings. The second-order valence-corrected chi connectivity index (χ2v) is 6.45. The van der Waals surface area contributed by atoms with E-state index in [9.17, 15) is 19.6 Å². The first kappa shape index (κ1) is 18.2. The standard InChI is InChI=1S/C19H21BN2O4/c1-14-5-7-15(8-6-14)18(23)21-9-11-22(12-10-21)19(24)16-3-2-4-17(13-16)20(25)26/h2-8,13,25-26H,9-12H2,1H3. The van der Waals surface area contributed by atoms with Crippen LogP contribution in [-0.4, -0.2) is 65.0 Å². The van der Waals surface area contributed by atoms with Crippen molar-refractivity contribution in [2.24, 2.45) is 0 Å². The van der Waals surface area contributed by atoms with Gasteiger partial charge in [0.05, 0.1) is 0 Å². The summed E-state index contributed by atoms with van der Waals surface area (Å²) in [6.07, 6.45) is 0. The number of carbonyl (C=O) groups is 2. The van der Waals surface area contributed by atoms with Crippen molar-refractivity contribution in [2.75, 3.05) is 26.2 Å². The third-order valence-electron chi connectivity index (χ3n) is 4.58. The maximum absolute atomic E-state index is 12.6. The van der Waals surface area contributed by atoms with E-state index >= 15 is 0 Å². The van der Waals surface area contributed by atoms with Gasteiger partial charge in [0.15, 0.2) is 0 Å². The second kappa shape index (κ2) is 7.72. The highest BCUT2D eigenvalue weighted by molar-refractivity contribution is 6.58. The normalized spacial score (nSPS) is 14.3. The van der Waals surface area contributed by atoms with E-state index < -0.39 is 7.12 Å². The number of aryl methyl sites for hydroxylation is 1. The molecule has 0 unspecified atom stereocenters. The SMILES string of the molecule is Cc1ccc(C(=O)N2CCN(C(=O)c3cccc(B(O)O)c3)CC2)cc1. The van der Waals surface area contributed by atoms with E-state index in [1.54, 1.807) is 28.0 Å². The number of benzene rings is 2. The highest BCUT2D eigenvalue weighted by Gasteiger charge is 2.26. The van der Waals surface area contributed by atoms with Gasteiger partial charge in [0.25, 0.3) is 11.8 Å². The molecular formula is C19H21BN2O4. The van der Waals surface area contributed by atoms with Crippen molar-refractivity contribution in [3.8, 4) is 0 Å². The van der Waals surface area contributed by atoms with E-state index in [1.807, 2.05) is 31.2 Å². The molecule has 1 heterocycles. The van der Waals surface area contributed by atoms with Crippen LogP contribution < -0.4 is 5.46 Å². The fourth-order valence-electron chi connectivity index (χ4n) is 3.01. The Morgan fingerprint density at radius 1 is 0.846 bits per heavy atom. The topological polar surface area (TPSA) is 81.1 Å². The largest absolute Gasteiger partial charge is 0.488 e. The number of amides is 2. The van der Waals surface area contributed by atoms with Crippen molar-refractivity contribution in [3.05, 3.63) is 65.2 Å². The molecule has 1 fully saturated rings. The zero-order chi connectivity index (χ0) is 18.7. The van der Waals surface area contributed by atoms with Crippen molar-refractivity contribution in [3.63, 3.8) is 0 Å². The van der Waals surface area contributed by atoms with E-state index in [1.165, 1.54) is 6.07 Å². The monoisotopic (exact) mass is 352 g/mol. The fraction of sp³-hybridized carbons (Fsp3) is 0.263. The number of piperazine rings is 1. The molecule has 0 radical (unpaired) electrons. The minimum absolute atomic E-state index is 0.0255. The summed E-state index contributed by atoms with van der Waals surface area (Å²) in [5.74, 6) is -0.197. The van der Waals surface area contributed by atoms with Gasteiger partial charge in [0, 0.05) is 37.3 Å². The zero-order valence-corrected chi connectivity index (χ0v) is 14.6. The van der Waals surface area contributed by atoms with Gasteiger partial charge in [-0.2, -0.15) is 0 Å². The fourth-order valence-corrected chi connectivity index (χ4v) is 3.01. The average molecular weight is 352 g/mol. The van der Waals surface area contributed by atoms with Gasteiger partial charge in [-0.1, -0.05) is 29.8 Å². The van der Waals surface area contributed by atoms with Crippen molar-refractivity contribution >= 4 is 24.4 Å². The molecule has 0 aromatic heterocycles.